The minimum atomic E-state index is -0.522. The molecule has 3 aromatic rings. The van der Waals surface area contributed by atoms with Gasteiger partial charge < -0.3 is 20.1 Å². The number of benzene rings is 2. The van der Waals surface area contributed by atoms with Crippen LogP contribution in [0, 0.1) is 17.0 Å². The van der Waals surface area contributed by atoms with Crippen LogP contribution in [0.15, 0.2) is 48.5 Å². The van der Waals surface area contributed by atoms with E-state index in [1.807, 2.05) is 6.07 Å². The fourth-order valence-corrected chi connectivity index (χ4v) is 3.92. The molecule has 0 aliphatic rings. The Morgan fingerprint density at radius 3 is 1.97 bits per heavy atom. The maximum absolute atomic E-state index is 12.8. The molecule has 172 valence electrons. The minimum Gasteiger partial charge on any atom is -0.492 e. The molecule has 1 heterocycles. The third kappa shape index (κ3) is 5.66. The molecule has 0 saturated carbocycles. The van der Waals surface area contributed by atoms with Crippen LogP contribution >= 0.6 is 11.3 Å². The van der Waals surface area contributed by atoms with Gasteiger partial charge in [-0.2, -0.15) is 0 Å². The Morgan fingerprint density at radius 1 is 0.939 bits per heavy atom. The summed E-state index contributed by atoms with van der Waals surface area (Å²) < 4.78 is 11.4. The molecule has 33 heavy (non-hydrogen) atoms. The fraction of sp³-hybridized carbons (Fsp3) is 0.217. The molecule has 0 atom stereocenters. The first-order valence-corrected chi connectivity index (χ1v) is 11.0. The number of ether oxygens (including phenoxy) is 2. The summed E-state index contributed by atoms with van der Waals surface area (Å²) in [5, 5.41) is 16.7. The van der Waals surface area contributed by atoms with Crippen molar-refractivity contribution >= 4 is 40.2 Å². The maximum Gasteiger partial charge on any atom is 0.283 e. The zero-order valence-electron chi connectivity index (χ0n) is 18.3. The smallest absolute Gasteiger partial charge is 0.283 e. The van der Waals surface area contributed by atoms with E-state index in [0.29, 0.717) is 46.5 Å². The number of carbonyl (C=O) groups excluding carboxylic acids is 2. The summed E-state index contributed by atoms with van der Waals surface area (Å²) in [4.78, 5) is 36.6. The second-order valence-corrected chi connectivity index (χ2v) is 8.05. The number of anilines is 2. The fourth-order valence-electron chi connectivity index (χ4n) is 3.04. The maximum atomic E-state index is 12.8. The van der Waals surface area contributed by atoms with Gasteiger partial charge in [-0.25, -0.2) is 0 Å². The average molecular weight is 470 g/mol. The Morgan fingerprint density at radius 2 is 1.48 bits per heavy atom. The lowest BCUT2D eigenvalue weighted by molar-refractivity contribution is -0.385. The molecule has 0 radical (unpaired) electrons. The number of nitrogens with zero attached hydrogens (tertiary/aromatic N) is 1. The van der Waals surface area contributed by atoms with Crippen LogP contribution in [-0.2, 0) is 0 Å². The molecule has 0 unspecified atom stereocenters. The van der Waals surface area contributed by atoms with E-state index in [1.54, 1.807) is 57.2 Å². The highest BCUT2D eigenvalue weighted by Crippen LogP contribution is 2.38. The van der Waals surface area contributed by atoms with Gasteiger partial charge in [-0.05, 0) is 32.9 Å². The van der Waals surface area contributed by atoms with Gasteiger partial charge in [0.2, 0.25) is 0 Å². The summed E-state index contributed by atoms with van der Waals surface area (Å²) >= 11 is 1.03. The molecule has 0 fully saturated rings. The third-order valence-corrected chi connectivity index (χ3v) is 5.56. The Kier molecular flexibility index (Phi) is 7.62. The van der Waals surface area contributed by atoms with E-state index in [4.69, 9.17) is 9.47 Å². The zero-order valence-corrected chi connectivity index (χ0v) is 19.2. The Labute approximate surface area is 194 Å². The first-order chi connectivity index (χ1) is 15.8. The van der Waals surface area contributed by atoms with Gasteiger partial charge >= 0.3 is 0 Å². The SMILES string of the molecule is CCOc1cc(NC(=O)c2cc([N+](=O)[O-])c(C)s2)c(OCC)cc1NC(=O)c1ccccc1. The molecule has 2 amide bonds. The average Bonchev–Trinajstić information content (AvgIpc) is 3.19. The molecule has 0 spiro atoms. The normalized spacial score (nSPS) is 10.4. The molecule has 9 nitrogen and oxygen atoms in total. The van der Waals surface area contributed by atoms with E-state index in [0.717, 1.165) is 11.3 Å². The van der Waals surface area contributed by atoms with Gasteiger partial charge in [-0.15, -0.1) is 11.3 Å². The Hall–Kier alpha value is -3.92. The molecule has 0 saturated heterocycles. The molecule has 2 N–H and O–H groups in total. The molecule has 1 aromatic heterocycles. The van der Waals surface area contributed by atoms with Gasteiger partial charge in [-0.3, -0.25) is 19.7 Å². The van der Waals surface area contributed by atoms with Crippen LogP contribution in [0.3, 0.4) is 0 Å². The van der Waals surface area contributed by atoms with Crippen molar-refractivity contribution in [3.63, 3.8) is 0 Å². The highest BCUT2D eigenvalue weighted by atomic mass is 32.1. The predicted molar refractivity (Wildman–Crippen MR) is 127 cm³/mol. The lowest BCUT2D eigenvalue weighted by Crippen LogP contribution is -2.15. The van der Waals surface area contributed by atoms with Crippen molar-refractivity contribution < 1.29 is 24.0 Å². The molecular weight excluding hydrogens is 446 g/mol. The van der Waals surface area contributed by atoms with Crippen LogP contribution in [0.4, 0.5) is 17.1 Å². The number of aryl methyl sites for hydroxylation is 1. The number of thiophene rings is 1. The quantitative estimate of drug-likeness (QED) is 0.326. The molecule has 0 bridgehead atoms. The van der Waals surface area contributed by atoms with E-state index >= 15 is 0 Å². The number of nitro groups is 1. The lowest BCUT2D eigenvalue weighted by Gasteiger charge is -2.17. The van der Waals surface area contributed by atoms with E-state index in [1.165, 1.54) is 6.07 Å². The molecule has 10 heteroatoms. The Bertz CT molecular complexity index is 1180. The van der Waals surface area contributed by atoms with Crippen molar-refractivity contribution in [2.75, 3.05) is 23.8 Å². The van der Waals surface area contributed by atoms with Crippen LogP contribution in [0.5, 0.6) is 11.5 Å². The number of rotatable bonds is 9. The Balaban J connectivity index is 1.93. The summed E-state index contributed by atoms with van der Waals surface area (Å²) in [6.07, 6.45) is 0. The third-order valence-electron chi connectivity index (χ3n) is 4.53. The summed E-state index contributed by atoms with van der Waals surface area (Å²) in [6.45, 7) is 5.81. The number of hydrogen-bond acceptors (Lipinski definition) is 7. The van der Waals surface area contributed by atoms with Crippen LogP contribution in [-0.4, -0.2) is 30.0 Å². The number of hydrogen-bond donors (Lipinski definition) is 2. The predicted octanol–water partition coefficient (Wildman–Crippen LogP) is 5.27. The van der Waals surface area contributed by atoms with Crippen LogP contribution in [0.2, 0.25) is 0 Å². The van der Waals surface area contributed by atoms with Crippen molar-refractivity contribution in [1.29, 1.82) is 0 Å². The summed E-state index contributed by atoms with van der Waals surface area (Å²) in [6, 6.07) is 13.1. The van der Waals surface area contributed by atoms with E-state index in [2.05, 4.69) is 10.6 Å². The summed E-state index contributed by atoms with van der Waals surface area (Å²) in [5.41, 5.74) is 1.07. The van der Waals surface area contributed by atoms with E-state index < -0.39 is 10.8 Å². The topological polar surface area (TPSA) is 120 Å². The standard InChI is InChI=1S/C23H23N3O6S/c1-4-31-19-12-17(25-23(28)21-13-18(26(29)30)14(3)33-21)20(32-5-2)11-16(19)24-22(27)15-9-7-6-8-10-15/h6-13H,4-5H2,1-3H3,(H,24,27)(H,25,28). The van der Waals surface area contributed by atoms with Gasteiger partial charge in [-0.1, -0.05) is 18.2 Å². The van der Waals surface area contributed by atoms with Crippen molar-refractivity contribution in [2.45, 2.75) is 20.8 Å². The van der Waals surface area contributed by atoms with Crippen molar-refractivity contribution in [3.8, 4) is 11.5 Å². The van der Waals surface area contributed by atoms with Gasteiger partial charge in [0.05, 0.1) is 39.3 Å². The number of nitrogens with one attached hydrogen (secondary N) is 2. The molecule has 0 aliphatic carbocycles. The number of amides is 2. The van der Waals surface area contributed by atoms with Crippen molar-refractivity contribution in [2.24, 2.45) is 0 Å². The minimum absolute atomic E-state index is 0.107. The van der Waals surface area contributed by atoms with E-state index in [9.17, 15) is 19.7 Å². The van der Waals surface area contributed by atoms with Gasteiger partial charge in [0, 0.05) is 23.8 Å². The second kappa shape index (κ2) is 10.6. The first-order valence-electron chi connectivity index (χ1n) is 10.2. The summed E-state index contributed by atoms with van der Waals surface area (Å²) in [5.74, 6) is -0.174. The molecule has 0 aliphatic heterocycles. The summed E-state index contributed by atoms with van der Waals surface area (Å²) in [7, 11) is 0. The molecular formula is C23H23N3O6S. The first kappa shape index (κ1) is 23.7. The van der Waals surface area contributed by atoms with Crippen molar-refractivity contribution in [1.82, 2.24) is 0 Å². The van der Waals surface area contributed by atoms with Gasteiger partial charge in [0.25, 0.3) is 17.5 Å². The highest BCUT2D eigenvalue weighted by molar-refractivity contribution is 7.14. The van der Waals surface area contributed by atoms with Crippen molar-refractivity contribution in [3.05, 3.63) is 74.0 Å². The number of carbonyl (C=O) groups is 2. The second-order valence-electron chi connectivity index (χ2n) is 6.79. The molecule has 2 aromatic carbocycles. The largest absolute Gasteiger partial charge is 0.492 e. The monoisotopic (exact) mass is 469 g/mol. The van der Waals surface area contributed by atoms with Crippen LogP contribution in [0.25, 0.3) is 0 Å². The van der Waals surface area contributed by atoms with Gasteiger partial charge in [0.1, 0.15) is 11.5 Å². The molecule has 3 rings (SSSR count). The lowest BCUT2D eigenvalue weighted by atomic mass is 10.2. The van der Waals surface area contributed by atoms with E-state index in [-0.39, 0.29) is 16.5 Å². The highest BCUT2D eigenvalue weighted by Gasteiger charge is 2.22. The zero-order chi connectivity index (χ0) is 24.0. The van der Waals surface area contributed by atoms with Crippen LogP contribution < -0.4 is 20.1 Å². The van der Waals surface area contributed by atoms with Gasteiger partial charge in [0.15, 0.2) is 0 Å². The van der Waals surface area contributed by atoms with Crippen LogP contribution in [0.1, 0.15) is 38.8 Å².